The summed E-state index contributed by atoms with van der Waals surface area (Å²) < 4.78 is 25.5. The first kappa shape index (κ1) is 20.9. The van der Waals surface area contributed by atoms with Crippen LogP contribution in [-0.4, -0.2) is 39.3 Å². The van der Waals surface area contributed by atoms with Crippen molar-refractivity contribution in [1.82, 2.24) is 14.9 Å². The number of benzene rings is 2. The van der Waals surface area contributed by atoms with E-state index in [1.54, 1.807) is 24.3 Å². The zero-order chi connectivity index (χ0) is 19.9. The summed E-state index contributed by atoms with van der Waals surface area (Å²) in [7, 11) is -0.360. The van der Waals surface area contributed by atoms with Gasteiger partial charge in [0.05, 0.1) is 17.5 Å². The third-order valence-electron chi connectivity index (χ3n) is 4.12. The molecule has 0 saturated carbocycles. The van der Waals surface area contributed by atoms with E-state index in [0.29, 0.717) is 6.54 Å². The number of sulfonamides is 1. The number of rotatable bonds is 7. The van der Waals surface area contributed by atoms with Crippen LogP contribution in [0.4, 0.5) is 0 Å². The second kappa shape index (κ2) is 9.53. The molecule has 2 aromatic rings. The third-order valence-corrected chi connectivity index (χ3v) is 5.95. The average molecular weight is 389 g/mol. The molecule has 0 aliphatic carbocycles. The summed E-state index contributed by atoms with van der Waals surface area (Å²) in [6.07, 6.45) is 0. The van der Waals surface area contributed by atoms with Crippen LogP contribution < -0.4 is 10.6 Å². The van der Waals surface area contributed by atoms with Crippen LogP contribution in [0.3, 0.4) is 0 Å². The van der Waals surface area contributed by atoms with E-state index in [1.807, 2.05) is 25.1 Å². The van der Waals surface area contributed by atoms with Crippen molar-refractivity contribution in [1.29, 1.82) is 0 Å². The lowest BCUT2D eigenvalue weighted by Gasteiger charge is -2.18. The van der Waals surface area contributed by atoms with Gasteiger partial charge in [0.15, 0.2) is 5.96 Å². The molecule has 0 spiro atoms. The molecule has 1 atom stereocenters. The van der Waals surface area contributed by atoms with Gasteiger partial charge in [-0.1, -0.05) is 42.5 Å². The normalized spacial score (nSPS) is 13.4. The molecule has 0 radical (unpaired) electrons. The summed E-state index contributed by atoms with van der Waals surface area (Å²) in [6.45, 7) is 5.32. The van der Waals surface area contributed by atoms with Gasteiger partial charge < -0.3 is 10.6 Å². The molecule has 2 N–H and O–H groups in total. The summed E-state index contributed by atoms with van der Waals surface area (Å²) >= 11 is 0. The smallest absolute Gasteiger partial charge is 0.242 e. The van der Waals surface area contributed by atoms with Crippen LogP contribution in [0.15, 0.2) is 64.5 Å². The molecule has 0 bridgehead atoms. The van der Waals surface area contributed by atoms with Gasteiger partial charge in [0.2, 0.25) is 10.0 Å². The lowest BCUT2D eigenvalue weighted by Crippen LogP contribution is -2.38. The van der Waals surface area contributed by atoms with E-state index in [2.05, 4.69) is 34.7 Å². The predicted octanol–water partition coefficient (Wildman–Crippen LogP) is 2.75. The van der Waals surface area contributed by atoms with Crippen molar-refractivity contribution in [3.63, 3.8) is 0 Å². The van der Waals surface area contributed by atoms with Gasteiger partial charge in [-0.15, -0.1) is 0 Å². The molecule has 6 nitrogen and oxygen atoms in total. The number of hydrogen-bond donors (Lipinski definition) is 2. The van der Waals surface area contributed by atoms with E-state index in [-0.39, 0.29) is 10.9 Å². The maximum absolute atomic E-state index is 12.1. The lowest BCUT2D eigenvalue weighted by atomic mass is 10.1. The van der Waals surface area contributed by atoms with E-state index in [4.69, 9.17) is 0 Å². The highest BCUT2D eigenvalue weighted by Gasteiger charge is 2.16. The van der Waals surface area contributed by atoms with Crippen molar-refractivity contribution in [2.24, 2.45) is 4.99 Å². The van der Waals surface area contributed by atoms with Crippen molar-refractivity contribution < 1.29 is 8.42 Å². The van der Waals surface area contributed by atoms with Crippen molar-refractivity contribution in [2.45, 2.75) is 31.3 Å². The summed E-state index contributed by atoms with van der Waals surface area (Å²) in [4.78, 5) is 4.89. The molecule has 0 fully saturated rings. The van der Waals surface area contributed by atoms with Gasteiger partial charge in [0.25, 0.3) is 0 Å². The van der Waals surface area contributed by atoms with E-state index >= 15 is 0 Å². The fraction of sp³-hybridized carbons (Fsp3) is 0.350. The summed E-state index contributed by atoms with van der Waals surface area (Å²) in [5, 5.41) is 6.63. The SMILES string of the molecule is CCNC(=NCc1ccc(S(=O)(=O)N(C)C)cc1)NC(C)c1ccccc1. The van der Waals surface area contributed by atoms with Gasteiger partial charge >= 0.3 is 0 Å². The Bertz CT molecular complexity index is 847. The Morgan fingerprint density at radius 2 is 1.70 bits per heavy atom. The Hall–Kier alpha value is -2.38. The van der Waals surface area contributed by atoms with Crippen molar-refractivity contribution in [3.05, 3.63) is 65.7 Å². The monoisotopic (exact) mass is 388 g/mol. The number of hydrogen-bond acceptors (Lipinski definition) is 3. The van der Waals surface area contributed by atoms with Crippen LogP contribution in [-0.2, 0) is 16.6 Å². The van der Waals surface area contributed by atoms with E-state index < -0.39 is 10.0 Å². The summed E-state index contributed by atoms with van der Waals surface area (Å²) in [5.41, 5.74) is 2.12. The van der Waals surface area contributed by atoms with Gasteiger partial charge in [-0.25, -0.2) is 17.7 Å². The highest BCUT2D eigenvalue weighted by molar-refractivity contribution is 7.89. The van der Waals surface area contributed by atoms with Gasteiger partial charge in [-0.2, -0.15) is 0 Å². The first-order chi connectivity index (χ1) is 12.8. The van der Waals surface area contributed by atoms with Crippen LogP contribution in [0.25, 0.3) is 0 Å². The Balaban J connectivity index is 2.08. The molecule has 1 unspecified atom stereocenters. The van der Waals surface area contributed by atoms with Crippen LogP contribution in [0.1, 0.15) is 31.0 Å². The minimum Gasteiger partial charge on any atom is -0.357 e. The third kappa shape index (κ3) is 5.80. The minimum atomic E-state index is -3.41. The topological polar surface area (TPSA) is 73.8 Å². The van der Waals surface area contributed by atoms with Crippen LogP contribution in [0.2, 0.25) is 0 Å². The first-order valence-electron chi connectivity index (χ1n) is 8.96. The van der Waals surface area contributed by atoms with Crippen molar-refractivity contribution in [3.8, 4) is 0 Å². The number of nitrogens with zero attached hydrogens (tertiary/aromatic N) is 2. The summed E-state index contributed by atoms with van der Waals surface area (Å²) in [5.74, 6) is 0.721. The Labute approximate surface area is 162 Å². The highest BCUT2D eigenvalue weighted by Crippen LogP contribution is 2.15. The van der Waals surface area contributed by atoms with Crippen LogP contribution >= 0.6 is 0 Å². The van der Waals surface area contributed by atoms with Crippen LogP contribution in [0, 0.1) is 0 Å². The molecular weight excluding hydrogens is 360 g/mol. The summed E-state index contributed by atoms with van der Waals surface area (Å²) in [6, 6.07) is 17.1. The molecular formula is C20H28N4O2S. The second-order valence-electron chi connectivity index (χ2n) is 6.40. The largest absolute Gasteiger partial charge is 0.357 e. The quantitative estimate of drug-likeness (QED) is 0.565. The van der Waals surface area contributed by atoms with Crippen LogP contribution in [0.5, 0.6) is 0 Å². The number of aliphatic imine (C=N–C) groups is 1. The molecule has 0 amide bonds. The fourth-order valence-electron chi connectivity index (χ4n) is 2.50. The van der Waals surface area contributed by atoms with E-state index in [0.717, 1.165) is 18.1 Å². The maximum atomic E-state index is 12.1. The number of nitrogens with one attached hydrogen (secondary N) is 2. The molecule has 146 valence electrons. The molecule has 7 heteroatoms. The van der Waals surface area contributed by atoms with Gasteiger partial charge in [-0.05, 0) is 37.1 Å². The van der Waals surface area contributed by atoms with E-state index in [9.17, 15) is 8.42 Å². The molecule has 2 rings (SSSR count). The molecule has 0 aliphatic heterocycles. The zero-order valence-electron chi connectivity index (χ0n) is 16.3. The molecule has 2 aromatic carbocycles. The Kier molecular flexibility index (Phi) is 7.38. The maximum Gasteiger partial charge on any atom is 0.242 e. The van der Waals surface area contributed by atoms with Crippen molar-refractivity contribution >= 4 is 16.0 Å². The number of guanidine groups is 1. The molecule has 0 heterocycles. The predicted molar refractivity (Wildman–Crippen MR) is 110 cm³/mol. The minimum absolute atomic E-state index is 0.122. The average Bonchev–Trinajstić information content (AvgIpc) is 2.67. The molecule has 0 aliphatic rings. The fourth-order valence-corrected chi connectivity index (χ4v) is 3.40. The Morgan fingerprint density at radius 1 is 1.07 bits per heavy atom. The molecule has 0 saturated heterocycles. The standard InChI is InChI=1S/C20H28N4O2S/c1-5-21-20(23-16(2)18-9-7-6-8-10-18)22-15-17-11-13-19(14-12-17)27(25,26)24(3)4/h6-14,16H,5,15H2,1-4H3,(H2,21,22,23). The zero-order valence-corrected chi connectivity index (χ0v) is 17.1. The van der Waals surface area contributed by atoms with Gasteiger partial charge in [0.1, 0.15) is 0 Å². The first-order valence-corrected chi connectivity index (χ1v) is 10.4. The van der Waals surface area contributed by atoms with Crippen molar-refractivity contribution in [2.75, 3.05) is 20.6 Å². The Morgan fingerprint density at radius 3 is 2.26 bits per heavy atom. The lowest BCUT2D eigenvalue weighted by molar-refractivity contribution is 0.520. The molecule has 0 aromatic heterocycles. The molecule has 27 heavy (non-hydrogen) atoms. The highest BCUT2D eigenvalue weighted by atomic mass is 32.2. The van der Waals surface area contributed by atoms with E-state index in [1.165, 1.54) is 24.0 Å². The van der Waals surface area contributed by atoms with Gasteiger partial charge in [-0.3, -0.25) is 0 Å². The van der Waals surface area contributed by atoms with Gasteiger partial charge in [0, 0.05) is 20.6 Å². The second-order valence-corrected chi connectivity index (χ2v) is 8.56.